The van der Waals surface area contributed by atoms with E-state index in [1.54, 1.807) is 11.8 Å². The number of rotatable bonds is 1. The zero-order valence-electron chi connectivity index (χ0n) is 7.99. The summed E-state index contributed by atoms with van der Waals surface area (Å²) in [7, 11) is 1.97. The summed E-state index contributed by atoms with van der Waals surface area (Å²) in [5, 5.41) is 2.94. The SMILES string of the molecule is CSc1nc[n+](C)c2cc(Cl)ccc12. The lowest BCUT2D eigenvalue weighted by Gasteiger charge is -2.00. The van der Waals surface area contributed by atoms with E-state index in [4.69, 9.17) is 11.6 Å². The maximum atomic E-state index is 5.95. The number of hydrogen-bond donors (Lipinski definition) is 0. The Hall–Kier alpha value is -0.800. The number of aromatic nitrogens is 2. The summed E-state index contributed by atoms with van der Waals surface area (Å²) in [6, 6.07) is 5.86. The Morgan fingerprint density at radius 3 is 2.93 bits per heavy atom. The molecule has 14 heavy (non-hydrogen) atoms. The van der Waals surface area contributed by atoms with Gasteiger partial charge >= 0.3 is 0 Å². The molecule has 0 bridgehead atoms. The third kappa shape index (κ3) is 1.57. The molecule has 2 rings (SSSR count). The van der Waals surface area contributed by atoms with Crippen molar-refractivity contribution in [1.29, 1.82) is 0 Å². The van der Waals surface area contributed by atoms with Gasteiger partial charge in [-0.3, -0.25) is 0 Å². The first-order chi connectivity index (χ1) is 6.72. The van der Waals surface area contributed by atoms with E-state index in [-0.39, 0.29) is 0 Å². The number of nitrogens with zero attached hydrogens (tertiary/aromatic N) is 2. The van der Waals surface area contributed by atoms with E-state index in [9.17, 15) is 0 Å². The summed E-state index contributed by atoms with van der Waals surface area (Å²) in [4.78, 5) is 4.34. The minimum atomic E-state index is 0.756. The molecule has 72 valence electrons. The predicted molar refractivity (Wildman–Crippen MR) is 59.7 cm³/mol. The Morgan fingerprint density at radius 2 is 2.21 bits per heavy atom. The Kier molecular flexibility index (Phi) is 2.61. The van der Waals surface area contributed by atoms with E-state index in [1.165, 1.54) is 0 Å². The number of hydrogen-bond acceptors (Lipinski definition) is 2. The summed E-state index contributed by atoms with van der Waals surface area (Å²) in [5.74, 6) is 0. The van der Waals surface area contributed by atoms with Gasteiger partial charge in [0.15, 0.2) is 0 Å². The van der Waals surface area contributed by atoms with Gasteiger partial charge < -0.3 is 0 Å². The van der Waals surface area contributed by atoms with Crippen LogP contribution in [0.15, 0.2) is 29.6 Å². The van der Waals surface area contributed by atoms with Crippen LogP contribution in [-0.2, 0) is 7.05 Å². The van der Waals surface area contributed by atoms with Crippen LogP contribution in [0.1, 0.15) is 0 Å². The molecule has 4 heteroatoms. The lowest BCUT2D eigenvalue weighted by molar-refractivity contribution is -0.648. The molecule has 1 aromatic heterocycles. The maximum Gasteiger partial charge on any atom is 0.287 e. The lowest BCUT2D eigenvalue weighted by atomic mass is 10.2. The Labute approximate surface area is 91.9 Å². The molecule has 2 nitrogen and oxygen atoms in total. The Balaban J connectivity index is 2.84. The van der Waals surface area contributed by atoms with Crippen molar-refractivity contribution < 1.29 is 4.57 Å². The minimum absolute atomic E-state index is 0.756. The van der Waals surface area contributed by atoms with Crippen LogP contribution in [0.3, 0.4) is 0 Å². The largest absolute Gasteiger partial charge is 0.287 e. The smallest absolute Gasteiger partial charge is 0.232 e. The van der Waals surface area contributed by atoms with Gasteiger partial charge in [0.05, 0.1) is 12.4 Å². The quantitative estimate of drug-likeness (QED) is 0.421. The zero-order chi connectivity index (χ0) is 10.1. The number of aryl methyl sites for hydroxylation is 1. The van der Waals surface area contributed by atoms with Gasteiger partial charge in [-0.1, -0.05) is 23.4 Å². The normalized spacial score (nSPS) is 10.8. The first-order valence-corrected chi connectivity index (χ1v) is 5.80. The highest BCUT2D eigenvalue weighted by Gasteiger charge is 2.11. The van der Waals surface area contributed by atoms with Crippen LogP contribution >= 0.6 is 23.4 Å². The molecule has 0 aliphatic rings. The molecule has 1 aromatic carbocycles. The zero-order valence-corrected chi connectivity index (χ0v) is 9.56. The second kappa shape index (κ2) is 3.75. The predicted octanol–water partition coefficient (Wildman–Crippen LogP) is 2.43. The van der Waals surface area contributed by atoms with Crippen LogP contribution in [0, 0.1) is 0 Å². The van der Waals surface area contributed by atoms with E-state index in [0.717, 1.165) is 21.0 Å². The number of benzene rings is 1. The van der Waals surface area contributed by atoms with E-state index < -0.39 is 0 Å². The van der Waals surface area contributed by atoms with Crippen LogP contribution in [0.25, 0.3) is 10.9 Å². The van der Waals surface area contributed by atoms with Crippen LogP contribution in [0.4, 0.5) is 0 Å². The van der Waals surface area contributed by atoms with Crippen LogP contribution in [-0.4, -0.2) is 11.2 Å². The molecule has 2 aromatic rings. The molecule has 0 atom stereocenters. The highest BCUT2D eigenvalue weighted by atomic mass is 35.5. The Bertz CT molecular complexity index is 485. The van der Waals surface area contributed by atoms with Crippen molar-refractivity contribution in [2.45, 2.75) is 5.03 Å². The van der Waals surface area contributed by atoms with Crippen molar-refractivity contribution in [3.8, 4) is 0 Å². The highest BCUT2D eigenvalue weighted by molar-refractivity contribution is 7.98. The van der Waals surface area contributed by atoms with E-state index >= 15 is 0 Å². The van der Waals surface area contributed by atoms with Gasteiger partial charge in [0, 0.05) is 11.1 Å². The van der Waals surface area contributed by atoms with E-state index in [1.807, 2.05) is 42.4 Å². The molecular formula is C10H10ClN2S+. The van der Waals surface area contributed by atoms with Crippen molar-refractivity contribution in [3.63, 3.8) is 0 Å². The van der Waals surface area contributed by atoms with Crippen molar-refractivity contribution in [2.75, 3.05) is 6.26 Å². The molecule has 0 radical (unpaired) electrons. The first-order valence-electron chi connectivity index (χ1n) is 4.20. The average molecular weight is 226 g/mol. The van der Waals surface area contributed by atoms with Crippen LogP contribution < -0.4 is 4.57 Å². The van der Waals surface area contributed by atoms with Gasteiger partial charge in [-0.25, -0.2) is 4.57 Å². The van der Waals surface area contributed by atoms with Crippen molar-refractivity contribution in [3.05, 3.63) is 29.5 Å². The molecule has 1 heterocycles. The molecule has 0 saturated carbocycles. The van der Waals surface area contributed by atoms with Crippen LogP contribution in [0.5, 0.6) is 0 Å². The molecule has 0 saturated heterocycles. The summed E-state index contributed by atoms with van der Waals surface area (Å²) >= 11 is 7.59. The lowest BCUT2D eigenvalue weighted by Crippen LogP contribution is -2.29. The summed E-state index contributed by atoms with van der Waals surface area (Å²) < 4.78 is 1.97. The van der Waals surface area contributed by atoms with Crippen molar-refractivity contribution >= 4 is 34.3 Å². The van der Waals surface area contributed by atoms with Crippen molar-refractivity contribution in [2.24, 2.45) is 7.05 Å². The standard InChI is InChI=1S/C10H10ClN2S/c1-13-6-12-10(14-2)8-4-3-7(11)5-9(8)13/h3-6H,1-2H3/q+1. The fourth-order valence-corrected chi connectivity index (χ4v) is 2.12. The van der Waals surface area contributed by atoms with Gasteiger partial charge in [-0.2, -0.15) is 0 Å². The second-order valence-corrected chi connectivity index (χ2v) is 4.26. The minimum Gasteiger partial charge on any atom is -0.232 e. The number of halogens is 1. The number of fused-ring (bicyclic) bond motifs is 1. The van der Waals surface area contributed by atoms with Gasteiger partial charge in [-0.05, 0) is 23.4 Å². The summed E-state index contributed by atoms with van der Waals surface area (Å²) in [6.07, 6.45) is 3.83. The Morgan fingerprint density at radius 1 is 1.43 bits per heavy atom. The molecule has 0 N–H and O–H groups in total. The monoisotopic (exact) mass is 225 g/mol. The summed E-state index contributed by atoms with van der Waals surface area (Å²) in [6.45, 7) is 0. The topological polar surface area (TPSA) is 16.8 Å². The number of thioether (sulfide) groups is 1. The van der Waals surface area contributed by atoms with E-state index in [2.05, 4.69) is 4.98 Å². The van der Waals surface area contributed by atoms with Gasteiger partial charge in [0.2, 0.25) is 5.03 Å². The molecule has 0 aliphatic carbocycles. The van der Waals surface area contributed by atoms with Gasteiger partial charge in [-0.15, -0.1) is 0 Å². The van der Waals surface area contributed by atoms with Gasteiger partial charge in [0.1, 0.15) is 5.52 Å². The van der Waals surface area contributed by atoms with Crippen LogP contribution in [0.2, 0.25) is 5.02 Å². The van der Waals surface area contributed by atoms with E-state index in [0.29, 0.717) is 0 Å². The molecule has 0 amide bonds. The molecule has 0 aliphatic heterocycles. The molecule has 0 fully saturated rings. The summed E-state index contributed by atoms with van der Waals surface area (Å²) in [5.41, 5.74) is 1.11. The fourth-order valence-electron chi connectivity index (χ4n) is 1.41. The second-order valence-electron chi connectivity index (χ2n) is 3.03. The third-order valence-electron chi connectivity index (χ3n) is 2.11. The highest BCUT2D eigenvalue weighted by Crippen LogP contribution is 2.23. The molecule has 0 spiro atoms. The first kappa shape index (κ1) is 9.74. The molecule has 0 unspecified atom stereocenters. The maximum absolute atomic E-state index is 5.95. The molecular weight excluding hydrogens is 216 g/mol. The fraction of sp³-hybridized carbons (Fsp3) is 0.200. The average Bonchev–Trinajstić information content (AvgIpc) is 2.19. The third-order valence-corrected chi connectivity index (χ3v) is 3.06. The van der Waals surface area contributed by atoms with Gasteiger partial charge in [0.25, 0.3) is 6.33 Å². The van der Waals surface area contributed by atoms with Crippen molar-refractivity contribution in [1.82, 2.24) is 4.98 Å².